The Morgan fingerprint density at radius 3 is 1.86 bits per heavy atom. The van der Waals surface area contributed by atoms with Gasteiger partial charge in [-0.15, -0.1) is 11.8 Å². The third kappa shape index (κ3) is 4.95. The molecule has 0 unspecified atom stereocenters. The number of hydrogen-bond acceptors (Lipinski definition) is 3. The molecule has 1 rings (SSSR count). The number of hydrogen-bond donors (Lipinski definition) is 2. The van der Waals surface area contributed by atoms with E-state index in [1.807, 2.05) is 12.1 Å². The minimum Gasteiger partial charge on any atom is -0.507 e. The molecule has 1 amide bonds. The molecular formula is C17H27NO2S. The van der Waals surface area contributed by atoms with Gasteiger partial charge in [-0.05, 0) is 23.0 Å². The zero-order chi connectivity index (χ0) is 16.4. The molecule has 0 heterocycles. The van der Waals surface area contributed by atoms with Crippen molar-refractivity contribution in [2.75, 3.05) is 5.75 Å². The number of amides is 1. The van der Waals surface area contributed by atoms with Crippen LogP contribution >= 0.6 is 11.8 Å². The van der Waals surface area contributed by atoms with Crippen LogP contribution in [-0.2, 0) is 15.6 Å². The number of benzene rings is 1. The number of aromatic hydroxyl groups is 1. The zero-order valence-electron chi connectivity index (χ0n) is 13.9. The summed E-state index contributed by atoms with van der Waals surface area (Å²) in [6.45, 7) is 12.5. The molecule has 3 N–H and O–H groups in total. The Labute approximate surface area is 132 Å². The van der Waals surface area contributed by atoms with E-state index in [1.54, 1.807) is 11.8 Å². The highest BCUT2D eigenvalue weighted by atomic mass is 32.2. The van der Waals surface area contributed by atoms with E-state index >= 15 is 0 Å². The second-order valence-corrected chi connectivity index (χ2v) is 8.60. The third-order valence-electron chi connectivity index (χ3n) is 3.32. The quantitative estimate of drug-likeness (QED) is 0.828. The maximum atomic E-state index is 10.9. The number of primary amides is 1. The van der Waals surface area contributed by atoms with Crippen molar-refractivity contribution in [3.8, 4) is 5.75 Å². The summed E-state index contributed by atoms with van der Waals surface area (Å²) in [5.74, 6) is 0.760. The van der Waals surface area contributed by atoms with E-state index in [0.29, 0.717) is 17.9 Å². The number of phenols is 1. The minimum atomic E-state index is -0.284. The number of phenolic OH excluding ortho intramolecular Hbond substituents is 1. The normalized spacial score (nSPS) is 12.5. The van der Waals surface area contributed by atoms with Gasteiger partial charge in [0.2, 0.25) is 5.91 Å². The SMILES string of the molecule is CC(C)(C)c1cc(SCCC(N)=O)cc(C(C)(C)C)c1O. The summed E-state index contributed by atoms with van der Waals surface area (Å²) in [6.07, 6.45) is 0.362. The number of thioether (sulfide) groups is 1. The average Bonchev–Trinajstić information content (AvgIpc) is 2.27. The first-order chi connectivity index (χ1) is 9.43. The van der Waals surface area contributed by atoms with Gasteiger partial charge in [0.1, 0.15) is 5.75 Å². The smallest absolute Gasteiger partial charge is 0.218 e. The van der Waals surface area contributed by atoms with E-state index < -0.39 is 0 Å². The fraction of sp³-hybridized carbons (Fsp3) is 0.588. The Balaban J connectivity index is 3.24. The molecule has 0 saturated carbocycles. The highest BCUT2D eigenvalue weighted by Gasteiger charge is 2.26. The van der Waals surface area contributed by atoms with Crippen molar-refractivity contribution in [2.24, 2.45) is 5.73 Å². The molecule has 0 spiro atoms. The Hall–Kier alpha value is -1.16. The highest BCUT2D eigenvalue weighted by Crippen LogP contribution is 2.41. The molecule has 118 valence electrons. The summed E-state index contributed by atoms with van der Waals surface area (Å²) in [6, 6.07) is 4.05. The van der Waals surface area contributed by atoms with Crippen molar-refractivity contribution in [3.05, 3.63) is 23.3 Å². The standard InChI is InChI=1S/C17H27NO2S/c1-16(2,3)12-9-11(21-8-7-14(18)19)10-13(15(12)20)17(4,5)6/h9-10,20H,7-8H2,1-6H3,(H2,18,19). The summed E-state index contributed by atoms with van der Waals surface area (Å²) in [5, 5.41) is 10.6. The van der Waals surface area contributed by atoms with E-state index in [9.17, 15) is 9.90 Å². The molecule has 3 nitrogen and oxygen atoms in total. The summed E-state index contributed by atoms with van der Waals surface area (Å²) < 4.78 is 0. The first-order valence-electron chi connectivity index (χ1n) is 7.22. The van der Waals surface area contributed by atoms with Gasteiger partial charge in [-0.1, -0.05) is 41.5 Å². The first kappa shape index (κ1) is 17.9. The second-order valence-electron chi connectivity index (χ2n) is 7.43. The van der Waals surface area contributed by atoms with Crippen LogP contribution in [0.3, 0.4) is 0 Å². The fourth-order valence-corrected chi connectivity index (χ4v) is 3.05. The fourth-order valence-electron chi connectivity index (χ4n) is 2.10. The van der Waals surface area contributed by atoms with Crippen molar-refractivity contribution >= 4 is 17.7 Å². The number of rotatable bonds is 4. The lowest BCUT2D eigenvalue weighted by molar-refractivity contribution is -0.117. The van der Waals surface area contributed by atoms with Crippen LogP contribution in [0.2, 0.25) is 0 Å². The maximum absolute atomic E-state index is 10.9. The van der Waals surface area contributed by atoms with Crippen molar-refractivity contribution in [2.45, 2.75) is 63.7 Å². The van der Waals surface area contributed by atoms with Gasteiger partial charge in [0, 0.05) is 28.2 Å². The number of carbonyl (C=O) groups excluding carboxylic acids is 1. The van der Waals surface area contributed by atoms with Crippen molar-refractivity contribution in [1.82, 2.24) is 0 Å². The summed E-state index contributed by atoms with van der Waals surface area (Å²) in [4.78, 5) is 11.9. The molecule has 0 aliphatic carbocycles. The van der Waals surface area contributed by atoms with Gasteiger partial charge in [0.25, 0.3) is 0 Å². The molecule has 0 fully saturated rings. The molecule has 4 heteroatoms. The molecule has 0 bridgehead atoms. The molecule has 0 saturated heterocycles. The molecule has 0 atom stereocenters. The van der Waals surface area contributed by atoms with Crippen LogP contribution in [0.5, 0.6) is 5.75 Å². The molecule has 21 heavy (non-hydrogen) atoms. The topological polar surface area (TPSA) is 63.3 Å². The van der Waals surface area contributed by atoms with Gasteiger partial charge < -0.3 is 10.8 Å². The molecule has 1 aromatic carbocycles. The molecular weight excluding hydrogens is 282 g/mol. The summed E-state index contributed by atoms with van der Waals surface area (Å²) in [7, 11) is 0. The van der Waals surface area contributed by atoms with Crippen LogP contribution in [0.25, 0.3) is 0 Å². The monoisotopic (exact) mass is 309 g/mol. The minimum absolute atomic E-state index is 0.135. The van der Waals surface area contributed by atoms with E-state index in [4.69, 9.17) is 5.73 Å². The zero-order valence-corrected chi connectivity index (χ0v) is 14.7. The Morgan fingerprint density at radius 2 is 1.52 bits per heavy atom. The van der Waals surface area contributed by atoms with Gasteiger partial charge in [-0.3, -0.25) is 4.79 Å². The van der Waals surface area contributed by atoms with E-state index in [2.05, 4.69) is 41.5 Å². The van der Waals surface area contributed by atoms with Crippen molar-refractivity contribution in [1.29, 1.82) is 0 Å². The van der Waals surface area contributed by atoms with E-state index in [0.717, 1.165) is 16.0 Å². The first-order valence-corrected chi connectivity index (χ1v) is 8.20. The predicted octanol–water partition coefficient (Wildman–Crippen LogP) is 3.95. The lowest BCUT2D eigenvalue weighted by Crippen LogP contribution is -2.17. The van der Waals surface area contributed by atoms with Crippen LogP contribution in [-0.4, -0.2) is 16.8 Å². The van der Waals surface area contributed by atoms with Crippen molar-refractivity contribution < 1.29 is 9.90 Å². The van der Waals surface area contributed by atoms with Gasteiger partial charge in [0.15, 0.2) is 0 Å². The third-order valence-corrected chi connectivity index (χ3v) is 4.29. The predicted molar refractivity (Wildman–Crippen MR) is 90.0 cm³/mol. The maximum Gasteiger partial charge on any atom is 0.218 e. The van der Waals surface area contributed by atoms with Gasteiger partial charge in [-0.2, -0.15) is 0 Å². The molecule has 0 aliphatic rings. The molecule has 0 radical (unpaired) electrons. The average molecular weight is 309 g/mol. The van der Waals surface area contributed by atoms with Crippen LogP contribution in [0, 0.1) is 0 Å². The number of carbonyl (C=O) groups is 1. The Kier molecular flexibility index (Phi) is 5.37. The lowest BCUT2D eigenvalue weighted by atomic mass is 9.79. The lowest BCUT2D eigenvalue weighted by Gasteiger charge is -2.28. The largest absolute Gasteiger partial charge is 0.507 e. The van der Waals surface area contributed by atoms with Gasteiger partial charge in [-0.25, -0.2) is 0 Å². The summed E-state index contributed by atoms with van der Waals surface area (Å²) in [5.41, 5.74) is 6.80. The van der Waals surface area contributed by atoms with Gasteiger partial charge >= 0.3 is 0 Å². The van der Waals surface area contributed by atoms with Crippen LogP contribution in [0.1, 0.15) is 59.1 Å². The van der Waals surface area contributed by atoms with Crippen LogP contribution < -0.4 is 5.73 Å². The second kappa shape index (κ2) is 6.30. The van der Waals surface area contributed by atoms with Crippen LogP contribution in [0.4, 0.5) is 0 Å². The van der Waals surface area contributed by atoms with Crippen LogP contribution in [0.15, 0.2) is 17.0 Å². The number of nitrogens with two attached hydrogens (primary N) is 1. The van der Waals surface area contributed by atoms with E-state index in [-0.39, 0.29) is 16.7 Å². The highest BCUT2D eigenvalue weighted by molar-refractivity contribution is 7.99. The Bertz CT molecular complexity index is 490. The Morgan fingerprint density at radius 1 is 1.10 bits per heavy atom. The summed E-state index contributed by atoms with van der Waals surface area (Å²) >= 11 is 1.61. The van der Waals surface area contributed by atoms with Gasteiger partial charge in [0.05, 0.1) is 0 Å². The molecule has 0 aliphatic heterocycles. The van der Waals surface area contributed by atoms with Crippen molar-refractivity contribution in [3.63, 3.8) is 0 Å². The van der Waals surface area contributed by atoms with E-state index in [1.165, 1.54) is 0 Å². The molecule has 0 aromatic heterocycles. The molecule has 1 aromatic rings.